The summed E-state index contributed by atoms with van der Waals surface area (Å²) in [5.41, 5.74) is 5.77. The number of aromatic nitrogens is 1. The monoisotopic (exact) mass is 416 g/mol. The Hall–Kier alpha value is -3.37. The van der Waals surface area contributed by atoms with Gasteiger partial charge in [0.05, 0.1) is 23.9 Å². The molecular weight excluding hydrogens is 396 g/mol. The molecular formula is C25H21ClN2O2. The van der Waals surface area contributed by atoms with Crippen LogP contribution in [0.3, 0.4) is 0 Å². The van der Waals surface area contributed by atoms with Gasteiger partial charge < -0.3 is 10.1 Å². The second-order valence-corrected chi connectivity index (χ2v) is 7.66. The Bertz CT molecular complexity index is 1250. The van der Waals surface area contributed by atoms with Crippen molar-refractivity contribution < 1.29 is 9.53 Å². The number of carbonyl (C=O) groups excluding carboxylic acids is 1. The number of rotatable bonds is 4. The average molecular weight is 417 g/mol. The Kier molecular flexibility index (Phi) is 5.42. The van der Waals surface area contributed by atoms with E-state index in [1.54, 1.807) is 13.2 Å². The molecule has 0 saturated carbocycles. The maximum atomic E-state index is 13.3. The zero-order valence-corrected chi connectivity index (χ0v) is 17.7. The number of benzene rings is 3. The van der Waals surface area contributed by atoms with Crippen molar-refractivity contribution in [2.75, 3.05) is 12.4 Å². The van der Waals surface area contributed by atoms with Crippen molar-refractivity contribution in [1.82, 2.24) is 4.98 Å². The number of methoxy groups -OCH3 is 1. The molecule has 3 aromatic carbocycles. The molecule has 4 aromatic rings. The van der Waals surface area contributed by atoms with Crippen LogP contribution in [0.15, 0.2) is 66.7 Å². The minimum atomic E-state index is -0.198. The first-order chi connectivity index (χ1) is 14.4. The van der Waals surface area contributed by atoms with Crippen LogP contribution in [0.5, 0.6) is 5.75 Å². The average Bonchev–Trinajstić information content (AvgIpc) is 2.74. The summed E-state index contributed by atoms with van der Waals surface area (Å²) in [5, 5.41) is 4.46. The van der Waals surface area contributed by atoms with Crippen molar-refractivity contribution in [2.24, 2.45) is 0 Å². The Balaban J connectivity index is 1.85. The van der Waals surface area contributed by atoms with Gasteiger partial charge in [0.1, 0.15) is 5.75 Å². The van der Waals surface area contributed by atoms with Gasteiger partial charge in [-0.2, -0.15) is 0 Å². The lowest BCUT2D eigenvalue weighted by molar-refractivity contribution is 0.102. The molecule has 0 aliphatic carbocycles. The van der Waals surface area contributed by atoms with Crippen LogP contribution in [0.2, 0.25) is 5.02 Å². The van der Waals surface area contributed by atoms with Crippen LogP contribution in [0.4, 0.5) is 5.69 Å². The van der Waals surface area contributed by atoms with E-state index in [1.165, 1.54) is 0 Å². The summed E-state index contributed by atoms with van der Waals surface area (Å²) >= 11 is 6.04. The van der Waals surface area contributed by atoms with Crippen molar-refractivity contribution in [3.8, 4) is 17.0 Å². The third-order valence-corrected chi connectivity index (χ3v) is 5.21. The number of hydrogen-bond donors (Lipinski definition) is 1. The zero-order chi connectivity index (χ0) is 21.3. The van der Waals surface area contributed by atoms with Gasteiger partial charge in [0, 0.05) is 27.7 Å². The number of nitrogens with one attached hydrogen (secondary N) is 1. The lowest BCUT2D eigenvalue weighted by Crippen LogP contribution is -2.13. The molecule has 0 radical (unpaired) electrons. The van der Waals surface area contributed by atoms with Gasteiger partial charge in [-0.3, -0.25) is 4.79 Å². The highest BCUT2D eigenvalue weighted by Gasteiger charge is 2.16. The van der Waals surface area contributed by atoms with Gasteiger partial charge in [0.25, 0.3) is 5.91 Å². The molecule has 0 fully saturated rings. The van der Waals surface area contributed by atoms with Gasteiger partial charge in [-0.15, -0.1) is 0 Å². The molecule has 4 rings (SSSR count). The Morgan fingerprint density at radius 2 is 1.77 bits per heavy atom. The first-order valence-electron chi connectivity index (χ1n) is 9.58. The van der Waals surface area contributed by atoms with Crippen molar-refractivity contribution in [3.63, 3.8) is 0 Å². The molecule has 0 unspecified atom stereocenters. The zero-order valence-electron chi connectivity index (χ0n) is 17.0. The number of pyridine rings is 1. The van der Waals surface area contributed by atoms with Gasteiger partial charge in [-0.1, -0.05) is 41.4 Å². The Labute approximate surface area is 180 Å². The quantitative estimate of drug-likeness (QED) is 0.417. The Morgan fingerprint density at radius 1 is 1.00 bits per heavy atom. The molecule has 150 valence electrons. The van der Waals surface area contributed by atoms with Crippen LogP contribution < -0.4 is 10.1 Å². The van der Waals surface area contributed by atoms with Gasteiger partial charge in [0.2, 0.25) is 0 Å². The molecule has 1 aromatic heterocycles. The number of fused-ring (bicyclic) bond motifs is 1. The molecule has 5 heteroatoms. The van der Waals surface area contributed by atoms with E-state index in [-0.39, 0.29) is 5.91 Å². The summed E-state index contributed by atoms with van der Waals surface area (Å²) in [7, 11) is 1.60. The number of hydrogen-bond acceptors (Lipinski definition) is 3. The predicted octanol–water partition coefficient (Wildman–Crippen LogP) is 6.43. The summed E-state index contributed by atoms with van der Waals surface area (Å²) < 4.78 is 5.26. The fourth-order valence-corrected chi connectivity index (χ4v) is 3.66. The van der Waals surface area contributed by atoms with Crippen LogP contribution in [0.1, 0.15) is 21.5 Å². The van der Waals surface area contributed by atoms with Crippen LogP contribution in [0, 0.1) is 13.8 Å². The maximum absolute atomic E-state index is 13.3. The SMILES string of the molecule is COc1cccc(NC(=O)c2cc(-c3ccc(Cl)cc3)nc3c(C)cc(C)cc23)c1. The molecule has 30 heavy (non-hydrogen) atoms. The number of carbonyl (C=O) groups is 1. The fourth-order valence-electron chi connectivity index (χ4n) is 3.54. The molecule has 0 atom stereocenters. The van der Waals surface area contributed by atoms with E-state index >= 15 is 0 Å². The Morgan fingerprint density at radius 3 is 2.50 bits per heavy atom. The lowest BCUT2D eigenvalue weighted by atomic mass is 9.99. The molecule has 0 spiro atoms. The molecule has 1 amide bonds. The molecule has 0 aliphatic rings. The predicted molar refractivity (Wildman–Crippen MR) is 123 cm³/mol. The first-order valence-corrected chi connectivity index (χ1v) is 9.96. The topological polar surface area (TPSA) is 51.2 Å². The van der Waals surface area contributed by atoms with E-state index < -0.39 is 0 Å². The summed E-state index contributed by atoms with van der Waals surface area (Å²) in [4.78, 5) is 18.1. The maximum Gasteiger partial charge on any atom is 0.256 e. The molecule has 0 aliphatic heterocycles. The second kappa shape index (κ2) is 8.17. The highest BCUT2D eigenvalue weighted by molar-refractivity contribution is 6.30. The van der Waals surface area contributed by atoms with E-state index in [9.17, 15) is 4.79 Å². The van der Waals surface area contributed by atoms with E-state index in [4.69, 9.17) is 21.3 Å². The minimum absolute atomic E-state index is 0.198. The van der Waals surface area contributed by atoms with Gasteiger partial charge >= 0.3 is 0 Å². The number of nitrogens with zero attached hydrogens (tertiary/aromatic N) is 1. The van der Waals surface area contributed by atoms with Gasteiger partial charge in [-0.25, -0.2) is 4.98 Å². The van der Waals surface area contributed by atoms with Crippen molar-refractivity contribution in [2.45, 2.75) is 13.8 Å². The highest BCUT2D eigenvalue weighted by atomic mass is 35.5. The number of aryl methyl sites for hydroxylation is 2. The van der Waals surface area contributed by atoms with Crippen molar-refractivity contribution in [1.29, 1.82) is 0 Å². The lowest BCUT2D eigenvalue weighted by Gasteiger charge is -2.13. The largest absolute Gasteiger partial charge is 0.497 e. The summed E-state index contributed by atoms with van der Waals surface area (Å²) in [6.07, 6.45) is 0. The van der Waals surface area contributed by atoms with Crippen LogP contribution in [-0.2, 0) is 0 Å². The van der Waals surface area contributed by atoms with E-state index in [0.717, 1.165) is 33.3 Å². The molecule has 1 heterocycles. The molecule has 1 N–H and O–H groups in total. The third kappa shape index (κ3) is 4.00. The minimum Gasteiger partial charge on any atom is -0.497 e. The molecule has 0 saturated heterocycles. The van der Waals surface area contributed by atoms with Crippen molar-refractivity contribution >= 4 is 34.1 Å². The van der Waals surface area contributed by atoms with Gasteiger partial charge in [0.15, 0.2) is 0 Å². The second-order valence-electron chi connectivity index (χ2n) is 7.23. The fraction of sp³-hybridized carbons (Fsp3) is 0.120. The normalized spacial score (nSPS) is 10.8. The molecule has 0 bridgehead atoms. The van der Waals surface area contributed by atoms with E-state index in [1.807, 2.05) is 68.4 Å². The van der Waals surface area contributed by atoms with E-state index in [0.29, 0.717) is 22.0 Å². The standard InChI is InChI=1S/C25H21ClN2O2/c1-15-11-16(2)24-21(12-15)22(14-23(28-24)17-7-9-18(26)10-8-17)25(29)27-19-5-4-6-20(13-19)30-3/h4-14H,1-3H3,(H,27,29). The third-order valence-electron chi connectivity index (χ3n) is 4.96. The summed E-state index contributed by atoms with van der Waals surface area (Å²) in [5.74, 6) is 0.483. The van der Waals surface area contributed by atoms with Crippen LogP contribution >= 0.6 is 11.6 Å². The smallest absolute Gasteiger partial charge is 0.256 e. The first kappa shape index (κ1) is 19.9. The number of anilines is 1. The summed E-state index contributed by atoms with van der Waals surface area (Å²) in [6.45, 7) is 4.03. The number of amides is 1. The number of halogens is 1. The number of ether oxygens (including phenoxy) is 1. The highest BCUT2D eigenvalue weighted by Crippen LogP contribution is 2.29. The van der Waals surface area contributed by atoms with E-state index in [2.05, 4.69) is 11.4 Å². The van der Waals surface area contributed by atoms with Gasteiger partial charge in [-0.05, 0) is 55.8 Å². The van der Waals surface area contributed by atoms with Crippen LogP contribution in [0.25, 0.3) is 22.2 Å². The molecule has 4 nitrogen and oxygen atoms in total. The van der Waals surface area contributed by atoms with Crippen molar-refractivity contribution in [3.05, 3.63) is 88.4 Å². The van der Waals surface area contributed by atoms with Crippen LogP contribution in [-0.4, -0.2) is 18.0 Å². The summed E-state index contributed by atoms with van der Waals surface area (Å²) in [6, 6.07) is 20.7.